The Bertz CT molecular complexity index is 3390. The summed E-state index contributed by atoms with van der Waals surface area (Å²) in [4.78, 5) is 30.4. The molecule has 0 saturated heterocycles. The van der Waals surface area contributed by atoms with Crippen molar-refractivity contribution in [2.45, 2.75) is 6.92 Å². The average molecular weight is 812 g/mol. The number of aryl methyl sites for hydroxylation is 1. The molecule has 0 unspecified atom stereocenters. The van der Waals surface area contributed by atoms with Crippen LogP contribution in [-0.4, -0.2) is 34.5 Å². The zero-order valence-electron chi connectivity index (χ0n) is 34.2. The van der Waals surface area contributed by atoms with Gasteiger partial charge in [-0.15, -0.1) is 0 Å². The maximum Gasteiger partial charge on any atom is 0.238 e. The summed E-state index contributed by atoms with van der Waals surface area (Å²) in [5.41, 5.74) is 10.8. The fraction of sp³-hybridized carbons (Fsp3) is 0.0182. The summed E-state index contributed by atoms with van der Waals surface area (Å²) in [6.07, 6.45) is 5.79. The number of para-hydroxylation sites is 1. The molecule has 0 saturated carbocycles. The molecule has 8 nitrogen and oxygen atoms in total. The van der Waals surface area contributed by atoms with Crippen molar-refractivity contribution in [1.82, 2.24) is 34.5 Å². The standard InChI is InChI=1S/C55H37N7O/c1-3-4-28-45-35(2)47-48(62(45)55-60-53(39-23-13-7-14-24-39)59-54(61-55)40-25-15-8-16-26-40)43(34-44-42-27-17-18-29-46(42)63-49(44)47)36-30-32-41(33-31-36)52-57-50(37-19-9-5-10-20-37)56-51(58-52)38-21-11-6-12-22-38/h3-34H,1H2,2H3/b28-4-. The predicted octanol–water partition coefficient (Wildman–Crippen LogP) is 13.4. The lowest BCUT2D eigenvalue weighted by Gasteiger charge is -2.14. The molecule has 0 atom stereocenters. The van der Waals surface area contributed by atoms with E-state index in [0.29, 0.717) is 35.1 Å². The van der Waals surface area contributed by atoms with Gasteiger partial charge in [-0.2, -0.15) is 9.97 Å². The largest absolute Gasteiger partial charge is 0.455 e. The highest BCUT2D eigenvalue weighted by Gasteiger charge is 2.26. The van der Waals surface area contributed by atoms with Crippen molar-refractivity contribution in [1.29, 1.82) is 0 Å². The summed E-state index contributed by atoms with van der Waals surface area (Å²) in [5, 5.41) is 3.01. The smallest absolute Gasteiger partial charge is 0.238 e. The van der Waals surface area contributed by atoms with Crippen LogP contribution in [0.2, 0.25) is 0 Å². The second-order valence-electron chi connectivity index (χ2n) is 15.2. The molecule has 298 valence electrons. The van der Waals surface area contributed by atoms with Crippen LogP contribution in [0.3, 0.4) is 0 Å². The maximum absolute atomic E-state index is 6.77. The third-order valence-electron chi connectivity index (χ3n) is 11.3. The molecule has 63 heavy (non-hydrogen) atoms. The van der Waals surface area contributed by atoms with E-state index in [4.69, 9.17) is 34.3 Å². The summed E-state index contributed by atoms with van der Waals surface area (Å²) in [6.45, 7) is 6.15. The number of allylic oxidation sites excluding steroid dienone is 2. The Hall–Kier alpha value is -8.62. The molecule has 4 heterocycles. The van der Waals surface area contributed by atoms with E-state index in [2.05, 4.69) is 66.6 Å². The van der Waals surface area contributed by atoms with E-state index in [0.717, 1.165) is 83.0 Å². The first kappa shape index (κ1) is 37.4. The molecule has 7 aromatic carbocycles. The molecule has 0 aliphatic rings. The van der Waals surface area contributed by atoms with Crippen LogP contribution in [0.5, 0.6) is 0 Å². The van der Waals surface area contributed by atoms with E-state index in [1.807, 2.05) is 140 Å². The van der Waals surface area contributed by atoms with Crippen LogP contribution in [-0.2, 0) is 0 Å². The van der Waals surface area contributed by atoms with Gasteiger partial charge in [0.15, 0.2) is 29.1 Å². The number of fused-ring (bicyclic) bond motifs is 5. The first-order chi connectivity index (χ1) is 31.1. The molecular weight excluding hydrogens is 775 g/mol. The Kier molecular flexibility index (Phi) is 9.36. The number of nitrogens with zero attached hydrogens (tertiary/aromatic N) is 7. The van der Waals surface area contributed by atoms with Gasteiger partial charge in [0.05, 0.1) is 11.2 Å². The molecule has 0 spiro atoms. The van der Waals surface area contributed by atoms with Gasteiger partial charge >= 0.3 is 0 Å². The van der Waals surface area contributed by atoms with E-state index in [1.54, 1.807) is 6.08 Å². The number of aromatic nitrogens is 7. The van der Waals surface area contributed by atoms with Crippen molar-refractivity contribution >= 4 is 38.9 Å². The van der Waals surface area contributed by atoms with Gasteiger partial charge in [0.2, 0.25) is 5.95 Å². The molecule has 11 rings (SSSR count). The van der Waals surface area contributed by atoms with E-state index in [9.17, 15) is 0 Å². The van der Waals surface area contributed by atoms with Crippen molar-refractivity contribution in [3.63, 3.8) is 0 Å². The molecule has 0 amide bonds. The van der Waals surface area contributed by atoms with Gasteiger partial charge in [-0.3, -0.25) is 4.57 Å². The van der Waals surface area contributed by atoms with Gasteiger partial charge in [-0.1, -0.05) is 183 Å². The average Bonchev–Trinajstić information content (AvgIpc) is 3.88. The number of benzene rings is 7. The number of rotatable bonds is 9. The van der Waals surface area contributed by atoms with Crippen LogP contribution >= 0.6 is 0 Å². The molecule has 0 fully saturated rings. The lowest BCUT2D eigenvalue weighted by atomic mass is 9.97. The monoisotopic (exact) mass is 811 g/mol. The molecule has 8 heteroatoms. The highest BCUT2D eigenvalue weighted by Crippen LogP contribution is 2.45. The number of hydrogen-bond acceptors (Lipinski definition) is 7. The predicted molar refractivity (Wildman–Crippen MR) is 254 cm³/mol. The lowest BCUT2D eigenvalue weighted by molar-refractivity contribution is 0.672. The van der Waals surface area contributed by atoms with Gasteiger partial charge in [-0.05, 0) is 36.3 Å². The van der Waals surface area contributed by atoms with Crippen LogP contribution < -0.4 is 0 Å². The molecule has 0 aliphatic heterocycles. The number of hydrogen-bond donors (Lipinski definition) is 0. The van der Waals surface area contributed by atoms with Crippen molar-refractivity contribution in [2.75, 3.05) is 0 Å². The lowest BCUT2D eigenvalue weighted by Crippen LogP contribution is -2.08. The van der Waals surface area contributed by atoms with Gasteiger partial charge in [0.1, 0.15) is 11.2 Å². The number of furan rings is 1. The van der Waals surface area contributed by atoms with Crippen LogP contribution in [0.15, 0.2) is 199 Å². The fourth-order valence-corrected chi connectivity index (χ4v) is 8.27. The second-order valence-corrected chi connectivity index (χ2v) is 15.2. The normalized spacial score (nSPS) is 11.6. The van der Waals surface area contributed by atoms with Crippen molar-refractivity contribution in [3.05, 3.63) is 206 Å². The third-order valence-corrected chi connectivity index (χ3v) is 11.3. The second kappa shape index (κ2) is 15.8. The molecule has 0 aliphatic carbocycles. The van der Waals surface area contributed by atoms with Gasteiger partial charge in [-0.25, -0.2) is 19.9 Å². The first-order valence-corrected chi connectivity index (χ1v) is 20.7. The molecule has 0 radical (unpaired) electrons. The van der Waals surface area contributed by atoms with Crippen LogP contribution in [0.4, 0.5) is 0 Å². The Labute approximate surface area is 363 Å². The van der Waals surface area contributed by atoms with Crippen LogP contribution in [0, 0.1) is 6.92 Å². The summed E-state index contributed by atoms with van der Waals surface area (Å²) >= 11 is 0. The van der Waals surface area contributed by atoms with Gasteiger partial charge in [0.25, 0.3) is 0 Å². The molecule has 0 N–H and O–H groups in total. The fourth-order valence-electron chi connectivity index (χ4n) is 8.27. The van der Waals surface area contributed by atoms with Crippen LogP contribution in [0.1, 0.15) is 11.3 Å². The first-order valence-electron chi connectivity index (χ1n) is 20.7. The van der Waals surface area contributed by atoms with Gasteiger partial charge < -0.3 is 4.42 Å². The third kappa shape index (κ3) is 6.76. The Morgan fingerprint density at radius 2 is 0.905 bits per heavy atom. The highest BCUT2D eigenvalue weighted by atomic mass is 16.3. The molecule has 0 bridgehead atoms. The quantitative estimate of drug-likeness (QED) is 0.134. The van der Waals surface area contributed by atoms with E-state index in [-0.39, 0.29) is 0 Å². The summed E-state index contributed by atoms with van der Waals surface area (Å²) < 4.78 is 8.92. The van der Waals surface area contributed by atoms with Crippen molar-refractivity contribution in [3.8, 4) is 74.0 Å². The summed E-state index contributed by atoms with van der Waals surface area (Å²) in [7, 11) is 0. The Morgan fingerprint density at radius 3 is 1.40 bits per heavy atom. The zero-order valence-corrected chi connectivity index (χ0v) is 34.2. The summed E-state index contributed by atoms with van der Waals surface area (Å²) in [5.74, 6) is 3.41. The SMILES string of the molecule is C=C/C=C\c1c(C)c2c3oc4ccccc4c3cc(-c3ccc(-c4nc(-c5ccccc5)nc(-c5ccccc5)n4)cc3)c2n1-c1nc(-c2ccccc2)nc(-c2ccccc2)n1. The van der Waals surface area contributed by atoms with Crippen molar-refractivity contribution in [2.24, 2.45) is 0 Å². The highest BCUT2D eigenvalue weighted by molar-refractivity contribution is 6.20. The molecule has 4 aromatic heterocycles. The Balaban J connectivity index is 1.17. The summed E-state index contributed by atoms with van der Waals surface area (Å²) in [6, 6.07) is 59.0. The molecule has 11 aromatic rings. The van der Waals surface area contributed by atoms with E-state index < -0.39 is 0 Å². The molecular formula is C55H37N7O. The van der Waals surface area contributed by atoms with Crippen LogP contribution in [0.25, 0.3) is 113 Å². The van der Waals surface area contributed by atoms with Gasteiger partial charge in [0, 0.05) is 49.5 Å². The topological polar surface area (TPSA) is 95.4 Å². The zero-order chi connectivity index (χ0) is 42.3. The van der Waals surface area contributed by atoms with Crippen molar-refractivity contribution < 1.29 is 4.42 Å². The minimum Gasteiger partial charge on any atom is -0.455 e. The van der Waals surface area contributed by atoms with E-state index >= 15 is 0 Å². The maximum atomic E-state index is 6.77. The van der Waals surface area contributed by atoms with E-state index in [1.165, 1.54) is 0 Å². The minimum atomic E-state index is 0.477. The minimum absolute atomic E-state index is 0.477. The Morgan fingerprint density at radius 1 is 0.476 bits per heavy atom.